The third-order valence-electron chi connectivity index (χ3n) is 5.34. The van der Waals surface area contributed by atoms with Crippen molar-refractivity contribution in [1.29, 1.82) is 0 Å². The van der Waals surface area contributed by atoms with Crippen LogP contribution in [0.2, 0.25) is 0 Å². The molecule has 14 heteroatoms. The molecule has 14 nitrogen and oxygen atoms in total. The van der Waals surface area contributed by atoms with Gasteiger partial charge in [-0.05, 0) is 88.0 Å². The van der Waals surface area contributed by atoms with E-state index in [0.717, 1.165) is 0 Å². The number of hydrogen-bond acceptors (Lipinski definition) is 10. The van der Waals surface area contributed by atoms with Crippen LogP contribution >= 0.6 is 0 Å². The van der Waals surface area contributed by atoms with E-state index >= 15 is 0 Å². The van der Waals surface area contributed by atoms with Gasteiger partial charge in [0.05, 0.1) is 19.8 Å². The van der Waals surface area contributed by atoms with Gasteiger partial charge in [-0.1, -0.05) is 5.92 Å². The van der Waals surface area contributed by atoms with Crippen molar-refractivity contribution in [2.45, 2.75) is 123 Å². The smallest absolute Gasteiger partial charge is 0.329 e. The number of esters is 3. The van der Waals surface area contributed by atoms with Gasteiger partial charge in [0.1, 0.15) is 35.5 Å². The highest BCUT2D eigenvalue weighted by molar-refractivity contribution is 5.87. The topological polar surface area (TPSA) is 180 Å². The van der Waals surface area contributed by atoms with Crippen molar-refractivity contribution >= 4 is 30.0 Å². The number of unbranched alkanes of at least 4 members (excludes halogenated alkanes) is 1. The van der Waals surface area contributed by atoms with Crippen molar-refractivity contribution in [3.05, 3.63) is 0 Å². The maximum atomic E-state index is 13.0. The van der Waals surface area contributed by atoms with Gasteiger partial charge in [-0.2, -0.15) is 0 Å². The Morgan fingerprint density at radius 3 is 1.65 bits per heavy atom. The highest BCUT2D eigenvalue weighted by Crippen LogP contribution is 2.15. The number of amides is 4. The summed E-state index contributed by atoms with van der Waals surface area (Å²) in [7, 11) is 0. The van der Waals surface area contributed by atoms with E-state index < -0.39 is 52.8 Å². The van der Waals surface area contributed by atoms with Crippen LogP contribution in [0.3, 0.4) is 0 Å². The number of rotatable bonds is 19. The summed E-state index contributed by atoms with van der Waals surface area (Å²) in [5.41, 5.74) is -2.36. The van der Waals surface area contributed by atoms with Gasteiger partial charge in [-0.25, -0.2) is 19.2 Å². The van der Waals surface area contributed by atoms with Gasteiger partial charge >= 0.3 is 30.0 Å². The van der Waals surface area contributed by atoms with Crippen molar-refractivity contribution < 1.29 is 47.7 Å². The average Bonchev–Trinajstić information content (AvgIpc) is 2.88. The summed E-state index contributed by atoms with van der Waals surface area (Å²) in [4.78, 5) is 63.1. The first-order chi connectivity index (χ1) is 21.2. The Morgan fingerprint density at radius 1 is 0.630 bits per heavy atom. The molecule has 0 radical (unpaired) electrons. The zero-order valence-corrected chi connectivity index (χ0v) is 29.1. The molecule has 0 aliphatic rings. The summed E-state index contributed by atoms with van der Waals surface area (Å²) < 4.78 is 26.6. The molecule has 0 spiro atoms. The maximum absolute atomic E-state index is 13.0. The van der Waals surface area contributed by atoms with Crippen LogP contribution in [0.25, 0.3) is 0 Å². The van der Waals surface area contributed by atoms with Crippen LogP contribution in [0.15, 0.2) is 0 Å². The van der Waals surface area contributed by atoms with Crippen LogP contribution in [0, 0.1) is 12.3 Å². The second-order valence-electron chi connectivity index (χ2n) is 13.5. The number of carbonyl (C=O) groups excluding carboxylic acids is 5. The zero-order valence-electron chi connectivity index (χ0n) is 29.1. The normalized spacial score (nSPS) is 13.0. The van der Waals surface area contributed by atoms with Crippen molar-refractivity contribution in [1.82, 2.24) is 21.3 Å². The summed E-state index contributed by atoms with van der Waals surface area (Å²) in [5, 5.41) is 10.5. The van der Waals surface area contributed by atoms with Crippen LogP contribution in [-0.4, -0.2) is 98.4 Å². The van der Waals surface area contributed by atoms with Crippen LogP contribution in [-0.2, 0) is 38.1 Å². The first-order valence-electron chi connectivity index (χ1n) is 15.6. The van der Waals surface area contributed by atoms with Crippen molar-refractivity contribution in [3.8, 4) is 12.3 Å². The van der Waals surface area contributed by atoms with Crippen molar-refractivity contribution in [2.24, 2.45) is 0 Å². The van der Waals surface area contributed by atoms with Gasteiger partial charge in [0.25, 0.3) is 0 Å². The molecule has 4 amide bonds. The van der Waals surface area contributed by atoms with Gasteiger partial charge in [0.15, 0.2) is 0 Å². The molecule has 4 N–H and O–H groups in total. The van der Waals surface area contributed by atoms with E-state index in [1.165, 1.54) is 0 Å². The Balaban J connectivity index is 5.05. The van der Waals surface area contributed by atoms with Crippen molar-refractivity contribution in [3.63, 3.8) is 0 Å². The molecule has 0 aromatic carbocycles. The fourth-order valence-corrected chi connectivity index (χ4v) is 3.58. The molecular formula is C32H56N4O10. The molecule has 2 atom stereocenters. The van der Waals surface area contributed by atoms with Gasteiger partial charge < -0.3 is 45.0 Å². The molecule has 0 unspecified atom stereocenters. The third-order valence-corrected chi connectivity index (χ3v) is 5.34. The molecule has 0 aliphatic carbocycles. The number of nitrogens with one attached hydrogen (secondary N) is 4. The first kappa shape index (κ1) is 42.4. The molecule has 264 valence electrons. The monoisotopic (exact) mass is 656 g/mol. The van der Waals surface area contributed by atoms with E-state index in [1.54, 1.807) is 62.3 Å². The molecule has 0 heterocycles. The van der Waals surface area contributed by atoms with E-state index in [2.05, 4.69) is 27.2 Å². The third kappa shape index (κ3) is 24.7. The molecule has 46 heavy (non-hydrogen) atoms. The molecule has 0 fully saturated rings. The minimum atomic E-state index is -1.18. The number of hydrogen-bond donors (Lipinski definition) is 4. The lowest BCUT2D eigenvalue weighted by atomic mass is 10.1. The Morgan fingerprint density at radius 2 is 1.13 bits per heavy atom. The minimum absolute atomic E-state index is 0.0743. The summed E-state index contributed by atoms with van der Waals surface area (Å²) in [5.74, 6) is 0.437. The molecule has 0 aromatic heterocycles. The van der Waals surface area contributed by atoms with Gasteiger partial charge in [-0.3, -0.25) is 4.79 Å². The Kier molecular flexibility index (Phi) is 19.6. The Bertz CT molecular complexity index is 1010. The van der Waals surface area contributed by atoms with Crippen LogP contribution in [0.4, 0.5) is 9.59 Å². The Labute approximate surface area is 274 Å². The SMILES string of the molecule is C#CCOCCOCCNC(=O)NCCCC[C@H](NC(=O)N[C@@H](CCC(=O)OC(C)(C)C)C(=O)OC(C)(C)C)C(=O)OC(C)(C)C. The van der Waals surface area contributed by atoms with Gasteiger partial charge in [0, 0.05) is 19.5 Å². The van der Waals surface area contributed by atoms with Crippen molar-refractivity contribution in [2.75, 3.05) is 39.5 Å². The van der Waals surface area contributed by atoms with Gasteiger partial charge in [-0.15, -0.1) is 6.42 Å². The van der Waals surface area contributed by atoms with Crippen LogP contribution in [0.1, 0.15) is 94.4 Å². The maximum Gasteiger partial charge on any atom is 0.329 e. The van der Waals surface area contributed by atoms with E-state index in [9.17, 15) is 24.0 Å². The molecule has 0 rings (SSSR count). The first-order valence-corrected chi connectivity index (χ1v) is 15.6. The van der Waals surface area contributed by atoms with E-state index in [1.807, 2.05) is 0 Å². The largest absolute Gasteiger partial charge is 0.460 e. The molecule has 0 saturated heterocycles. The second kappa shape index (κ2) is 21.3. The fraction of sp³-hybridized carbons (Fsp3) is 0.781. The molecule has 0 saturated carbocycles. The standard InChI is InChI=1S/C32H56N4O10/c1-11-19-42-21-22-43-20-18-34-28(40)33-17-13-12-14-23(26(38)45-31(5,6)7)35-29(41)36-24(27(39)46-32(8,9)10)15-16-25(37)44-30(2,3)4/h1,23-24H,12-22H2,2-10H3,(H2,33,34,40)(H2,35,36,41)/t23-,24-/m0/s1. The summed E-state index contributed by atoms with van der Waals surface area (Å²) in [6.45, 7) is 17.2. The summed E-state index contributed by atoms with van der Waals surface area (Å²) in [6, 6.07) is -3.40. The molecule has 0 aliphatic heterocycles. The Hall–Kier alpha value is -3.57. The lowest BCUT2D eigenvalue weighted by Crippen LogP contribution is -2.53. The fourth-order valence-electron chi connectivity index (χ4n) is 3.58. The highest BCUT2D eigenvalue weighted by Gasteiger charge is 2.31. The molecular weight excluding hydrogens is 600 g/mol. The quantitative estimate of drug-likeness (QED) is 0.0699. The number of carbonyl (C=O) groups is 5. The lowest BCUT2D eigenvalue weighted by molar-refractivity contribution is -0.159. The van der Waals surface area contributed by atoms with E-state index in [0.29, 0.717) is 45.8 Å². The molecule has 0 aromatic rings. The van der Waals surface area contributed by atoms with Crippen LogP contribution < -0.4 is 21.3 Å². The average molecular weight is 657 g/mol. The van der Waals surface area contributed by atoms with Gasteiger partial charge in [0.2, 0.25) is 0 Å². The minimum Gasteiger partial charge on any atom is -0.460 e. The van der Waals surface area contributed by atoms with Crippen LogP contribution in [0.5, 0.6) is 0 Å². The second-order valence-corrected chi connectivity index (χ2v) is 13.5. The van der Waals surface area contributed by atoms with E-state index in [4.69, 9.17) is 30.1 Å². The summed E-state index contributed by atoms with van der Waals surface area (Å²) in [6.07, 6.45) is 6.04. The number of terminal acetylenes is 1. The molecule has 0 bridgehead atoms. The predicted molar refractivity (Wildman–Crippen MR) is 172 cm³/mol. The predicted octanol–water partition coefficient (Wildman–Crippen LogP) is 2.96. The van der Waals surface area contributed by atoms with E-state index in [-0.39, 0.29) is 31.9 Å². The zero-order chi connectivity index (χ0) is 35.4. The number of ether oxygens (including phenoxy) is 5. The number of urea groups is 2. The lowest BCUT2D eigenvalue weighted by Gasteiger charge is -2.27. The summed E-state index contributed by atoms with van der Waals surface area (Å²) >= 11 is 0. The highest BCUT2D eigenvalue weighted by atomic mass is 16.6.